The molecule has 0 saturated heterocycles. The number of nitrogens with zero attached hydrogens (tertiary/aromatic N) is 2. The summed E-state index contributed by atoms with van der Waals surface area (Å²) in [5, 5.41) is 18.4. The number of carbonyl (C=O) groups excluding carboxylic acids is 2. The summed E-state index contributed by atoms with van der Waals surface area (Å²) in [5.74, 6) is -2.75. The molecule has 2 amide bonds. The van der Waals surface area contributed by atoms with Crippen LogP contribution in [0.1, 0.15) is 117 Å². The number of hydrogen-bond acceptors (Lipinski definition) is 4. The number of carboxylic acids is 2. The minimum Gasteiger partial charge on any atom is -0.480 e. The lowest BCUT2D eigenvalue weighted by atomic mass is 10.1. The van der Waals surface area contributed by atoms with Crippen molar-refractivity contribution >= 4 is 23.8 Å². The van der Waals surface area contributed by atoms with Gasteiger partial charge in [0, 0.05) is 25.9 Å². The second-order valence-corrected chi connectivity index (χ2v) is 9.16. The number of carboxylic acid groups (broad SMARTS) is 2. The van der Waals surface area contributed by atoms with E-state index in [0.29, 0.717) is 12.8 Å². The van der Waals surface area contributed by atoms with E-state index in [1.54, 1.807) is 0 Å². The van der Waals surface area contributed by atoms with Gasteiger partial charge in [0.25, 0.3) is 0 Å². The van der Waals surface area contributed by atoms with Crippen molar-refractivity contribution in [3.8, 4) is 0 Å². The Morgan fingerprint density at radius 3 is 1.09 bits per heavy atom. The lowest BCUT2D eigenvalue weighted by Gasteiger charge is -2.26. The fourth-order valence-electron chi connectivity index (χ4n) is 3.93. The van der Waals surface area contributed by atoms with Crippen LogP contribution < -0.4 is 0 Å². The molecule has 0 aliphatic carbocycles. The van der Waals surface area contributed by atoms with Crippen LogP contribution in [0.15, 0.2) is 0 Å². The maximum atomic E-state index is 12.6. The van der Waals surface area contributed by atoms with E-state index in [1.807, 2.05) is 0 Å². The van der Waals surface area contributed by atoms with Crippen molar-refractivity contribution in [3.05, 3.63) is 0 Å². The second-order valence-electron chi connectivity index (χ2n) is 9.16. The highest BCUT2D eigenvalue weighted by Crippen LogP contribution is 2.11. The summed E-state index contributed by atoms with van der Waals surface area (Å²) in [6, 6.07) is 0. The van der Waals surface area contributed by atoms with Crippen LogP contribution in [0.5, 0.6) is 0 Å². The number of aliphatic carboxylic acids is 2. The number of amides is 2. The first-order valence-electron chi connectivity index (χ1n) is 13.3. The van der Waals surface area contributed by atoms with Gasteiger partial charge in [-0.15, -0.1) is 0 Å². The Morgan fingerprint density at radius 1 is 0.500 bits per heavy atom. The molecule has 0 aromatic heterocycles. The molecule has 0 spiro atoms. The zero-order valence-electron chi connectivity index (χ0n) is 21.6. The third-order valence-electron chi connectivity index (χ3n) is 5.99. The molecule has 0 aliphatic rings. The van der Waals surface area contributed by atoms with Crippen LogP contribution in [-0.4, -0.2) is 69.9 Å². The Bertz CT molecular complexity index is 532. The van der Waals surface area contributed by atoms with Gasteiger partial charge >= 0.3 is 11.9 Å². The molecule has 0 rings (SSSR count). The summed E-state index contributed by atoms with van der Waals surface area (Å²) in [6.07, 6.45) is 15.4. The Labute approximate surface area is 206 Å². The van der Waals surface area contributed by atoms with E-state index in [-0.39, 0.29) is 37.7 Å². The third kappa shape index (κ3) is 18.3. The van der Waals surface area contributed by atoms with Crippen LogP contribution in [0.2, 0.25) is 0 Å². The number of rotatable bonds is 23. The van der Waals surface area contributed by atoms with Gasteiger partial charge in [0.2, 0.25) is 11.8 Å². The first-order chi connectivity index (χ1) is 16.3. The van der Waals surface area contributed by atoms with Crippen molar-refractivity contribution < 1.29 is 29.4 Å². The van der Waals surface area contributed by atoms with Gasteiger partial charge in [-0.1, -0.05) is 90.9 Å². The van der Waals surface area contributed by atoms with Crippen molar-refractivity contribution in [3.63, 3.8) is 0 Å². The molecular formula is C26H48N2O6. The number of hydrogen-bond donors (Lipinski definition) is 2. The highest BCUT2D eigenvalue weighted by Gasteiger charge is 2.21. The number of unbranched alkanes of at least 4 members (excludes halogenated alkanes) is 12. The molecule has 0 aromatic rings. The fraction of sp³-hybridized carbons (Fsp3) is 0.846. The molecule has 0 atom stereocenters. The molecule has 198 valence electrons. The van der Waals surface area contributed by atoms with Crippen LogP contribution in [0, 0.1) is 0 Å². The van der Waals surface area contributed by atoms with Gasteiger partial charge in [0.05, 0.1) is 0 Å². The normalized spacial score (nSPS) is 10.8. The van der Waals surface area contributed by atoms with Crippen LogP contribution in [0.3, 0.4) is 0 Å². The van der Waals surface area contributed by atoms with Gasteiger partial charge in [-0.25, -0.2) is 0 Å². The molecule has 34 heavy (non-hydrogen) atoms. The van der Waals surface area contributed by atoms with E-state index in [1.165, 1.54) is 48.3 Å². The van der Waals surface area contributed by atoms with Gasteiger partial charge < -0.3 is 20.0 Å². The van der Waals surface area contributed by atoms with Crippen molar-refractivity contribution in [2.45, 2.75) is 117 Å². The van der Waals surface area contributed by atoms with Gasteiger partial charge in [-0.3, -0.25) is 19.2 Å². The van der Waals surface area contributed by atoms with Crippen LogP contribution in [0.4, 0.5) is 0 Å². The van der Waals surface area contributed by atoms with Crippen LogP contribution >= 0.6 is 0 Å². The highest BCUT2D eigenvalue weighted by atomic mass is 16.4. The monoisotopic (exact) mass is 484 g/mol. The van der Waals surface area contributed by atoms with E-state index >= 15 is 0 Å². The predicted molar refractivity (Wildman–Crippen MR) is 134 cm³/mol. The molecule has 0 heterocycles. The zero-order valence-corrected chi connectivity index (χ0v) is 21.6. The summed E-state index contributed by atoms with van der Waals surface area (Å²) in [4.78, 5) is 50.1. The molecular weight excluding hydrogens is 436 g/mol. The Morgan fingerprint density at radius 2 is 0.794 bits per heavy atom. The van der Waals surface area contributed by atoms with Crippen LogP contribution in [-0.2, 0) is 19.2 Å². The number of carbonyl (C=O) groups is 4. The first kappa shape index (κ1) is 31.9. The Kier molecular flexibility index (Phi) is 20.1. The summed E-state index contributed by atoms with van der Waals surface area (Å²) in [6.45, 7) is 3.49. The van der Waals surface area contributed by atoms with Crippen molar-refractivity contribution in [1.29, 1.82) is 0 Å². The molecule has 8 heteroatoms. The van der Waals surface area contributed by atoms with Gasteiger partial charge in [-0.05, 0) is 12.8 Å². The molecule has 0 bridgehead atoms. The van der Waals surface area contributed by atoms with Crippen molar-refractivity contribution in [2.75, 3.05) is 26.2 Å². The standard InChI is InChI=1S/C26H48N2O6/c1-3-5-7-9-11-13-15-17-23(29)27(21-25(31)32)19-20-28(22-26(33)34)24(30)18-16-14-12-10-8-6-4-2/h3-22H2,1-2H3,(H,31,32)(H,33,34). The molecule has 0 unspecified atom stereocenters. The Balaban J connectivity index is 4.57. The van der Waals surface area contributed by atoms with E-state index in [0.717, 1.165) is 38.5 Å². The molecule has 0 radical (unpaired) electrons. The van der Waals surface area contributed by atoms with Gasteiger partial charge in [0.15, 0.2) is 0 Å². The molecule has 0 fully saturated rings. The highest BCUT2D eigenvalue weighted by molar-refractivity contribution is 5.82. The summed E-state index contributed by atoms with van der Waals surface area (Å²) >= 11 is 0. The molecule has 2 N–H and O–H groups in total. The minimum absolute atomic E-state index is 0.0255. The predicted octanol–water partition coefficient (Wildman–Crippen LogP) is 5.09. The SMILES string of the molecule is CCCCCCCCCC(=O)N(CCN(CC(=O)O)C(=O)CCCCCCCCC)CC(=O)O. The molecule has 0 aliphatic heterocycles. The zero-order chi connectivity index (χ0) is 25.6. The molecule has 0 saturated carbocycles. The van der Waals surface area contributed by atoms with Gasteiger partial charge in [-0.2, -0.15) is 0 Å². The van der Waals surface area contributed by atoms with E-state index in [2.05, 4.69) is 13.8 Å². The minimum atomic E-state index is -1.12. The van der Waals surface area contributed by atoms with Crippen LogP contribution in [0.25, 0.3) is 0 Å². The quantitative estimate of drug-likeness (QED) is 0.195. The van der Waals surface area contributed by atoms with Crippen molar-refractivity contribution in [2.24, 2.45) is 0 Å². The molecule has 8 nitrogen and oxygen atoms in total. The lowest BCUT2D eigenvalue weighted by Crippen LogP contribution is -2.44. The maximum Gasteiger partial charge on any atom is 0.323 e. The van der Waals surface area contributed by atoms with Gasteiger partial charge in [0.1, 0.15) is 13.1 Å². The molecule has 0 aromatic carbocycles. The topological polar surface area (TPSA) is 115 Å². The largest absolute Gasteiger partial charge is 0.480 e. The van der Waals surface area contributed by atoms with E-state index in [9.17, 15) is 29.4 Å². The average molecular weight is 485 g/mol. The first-order valence-corrected chi connectivity index (χ1v) is 13.3. The van der Waals surface area contributed by atoms with E-state index < -0.39 is 25.0 Å². The van der Waals surface area contributed by atoms with E-state index in [4.69, 9.17) is 0 Å². The Hall–Kier alpha value is -2.12. The summed E-state index contributed by atoms with van der Waals surface area (Å²) in [7, 11) is 0. The third-order valence-corrected chi connectivity index (χ3v) is 5.99. The lowest BCUT2D eigenvalue weighted by molar-refractivity contribution is -0.147. The van der Waals surface area contributed by atoms with Crippen molar-refractivity contribution in [1.82, 2.24) is 9.80 Å². The maximum absolute atomic E-state index is 12.6. The second kappa shape index (κ2) is 21.4. The average Bonchev–Trinajstić information content (AvgIpc) is 2.78. The smallest absolute Gasteiger partial charge is 0.323 e. The fourth-order valence-corrected chi connectivity index (χ4v) is 3.93. The summed E-state index contributed by atoms with van der Waals surface area (Å²) in [5.41, 5.74) is 0. The summed E-state index contributed by atoms with van der Waals surface area (Å²) < 4.78 is 0.